The largest absolute Gasteiger partial charge is 0.384 e. The fourth-order valence-electron chi connectivity index (χ4n) is 3.79. The van der Waals surface area contributed by atoms with Crippen molar-refractivity contribution in [3.8, 4) is 0 Å². The van der Waals surface area contributed by atoms with Crippen LogP contribution in [-0.2, 0) is 9.63 Å². The molecule has 0 radical (unpaired) electrons. The SMILES string of the molecule is NC(=O)c1cc(N2CCC(C(=O)N3OCCC3c3ccc(N)nc3)CC2)ncn1. The minimum Gasteiger partial charge on any atom is -0.384 e. The Kier molecular flexibility index (Phi) is 5.26. The molecule has 2 aliphatic rings. The predicted octanol–water partition coefficient (Wildman–Crippen LogP) is 0.674. The maximum atomic E-state index is 13.1. The topological polar surface area (TPSA) is 141 Å². The van der Waals surface area contributed by atoms with Gasteiger partial charge in [0, 0.05) is 37.7 Å². The van der Waals surface area contributed by atoms with Gasteiger partial charge >= 0.3 is 0 Å². The average Bonchev–Trinajstić information content (AvgIpc) is 3.24. The highest BCUT2D eigenvalue weighted by Gasteiger charge is 2.37. The summed E-state index contributed by atoms with van der Waals surface area (Å²) >= 11 is 0. The molecule has 2 amide bonds. The van der Waals surface area contributed by atoms with Gasteiger partial charge in [-0.15, -0.1) is 0 Å². The average molecular weight is 397 g/mol. The van der Waals surface area contributed by atoms with Gasteiger partial charge in [-0.05, 0) is 24.5 Å². The third-order valence-electron chi connectivity index (χ3n) is 5.39. The third kappa shape index (κ3) is 3.97. The molecule has 2 aliphatic heterocycles. The van der Waals surface area contributed by atoms with E-state index >= 15 is 0 Å². The molecule has 4 rings (SSSR count). The molecule has 152 valence electrons. The lowest BCUT2D eigenvalue weighted by molar-refractivity contribution is -0.182. The summed E-state index contributed by atoms with van der Waals surface area (Å²) < 4.78 is 0. The molecule has 10 nitrogen and oxygen atoms in total. The summed E-state index contributed by atoms with van der Waals surface area (Å²) in [4.78, 5) is 44.3. The van der Waals surface area contributed by atoms with Crippen LogP contribution in [0.25, 0.3) is 0 Å². The van der Waals surface area contributed by atoms with Gasteiger partial charge < -0.3 is 16.4 Å². The predicted molar refractivity (Wildman–Crippen MR) is 104 cm³/mol. The highest BCUT2D eigenvalue weighted by molar-refractivity contribution is 5.91. The highest BCUT2D eigenvalue weighted by Crippen LogP contribution is 2.33. The van der Waals surface area contributed by atoms with Crippen molar-refractivity contribution >= 4 is 23.5 Å². The molecule has 4 N–H and O–H groups in total. The van der Waals surface area contributed by atoms with Crippen molar-refractivity contribution < 1.29 is 14.4 Å². The van der Waals surface area contributed by atoms with E-state index in [-0.39, 0.29) is 23.6 Å². The quantitative estimate of drug-likeness (QED) is 0.767. The molecule has 1 unspecified atom stereocenters. The number of nitrogen functional groups attached to an aromatic ring is 1. The number of nitrogens with zero attached hydrogens (tertiary/aromatic N) is 5. The third-order valence-corrected chi connectivity index (χ3v) is 5.39. The molecule has 29 heavy (non-hydrogen) atoms. The van der Waals surface area contributed by atoms with E-state index in [1.165, 1.54) is 11.4 Å². The van der Waals surface area contributed by atoms with Gasteiger partial charge in [-0.3, -0.25) is 14.4 Å². The Balaban J connectivity index is 1.40. The molecule has 2 fully saturated rings. The van der Waals surface area contributed by atoms with E-state index in [1.54, 1.807) is 18.3 Å². The molecule has 1 atom stereocenters. The number of hydroxylamine groups is 2. The van der Waals surface area contributed by atoms with Crippen molar-refractivity contribution in [1.29, 1.82) is 0 Å². The molecule has 10 heteroatoms. The van der Waals surface area contributed by atoms with E-state index < -0.39 is 5.91 Å². The van der Waals surface area contributed by atoms with Crippen LogP contribution >= 0.6 is 0 Å². The zero-order chi connectivity index (χ0) is 20.4. The molecule has 2 aromatic heterocycles. The standard InChI is InChI=1S/C19H23N7O3/c20-16-2-1-13(10-22-16)15-5-8-29-26(15)19(28)12-3-6-25(7-4-12)17-9-14(18(21)27)23-11-24-17/h1-2,9-12,15H,3-8H2,(H2,20,22)(H2,21,27). The molecule has 0 saturated carbocycles. The van der Waals surface area contributed by atoms with Crippen molar-refractivity contribution in [2.24, 2.45) is 11.7 Å². The van der Waals surface area contributed by atoms with E-state index in [2.05, 4.69) is 15.0 Å². The van der Waals surface area contributed by atoms with Crippen LogP contribution in [0.3, 0.4) is 0 Å². The number of carbonyl (C=O) groups excluding carboxylic acids is 2. The van der Waals surface area contributed by atoms with Crippen molar-refractivity contribution in [2.45, 2.75) is 25.3 Å². The molecule has 0 aromatic carbocycles. The van der Waals surface area contributed by atoms with Crippen molar-refractivity contribution in [3.63, 3.8) is 0 Å². The molecule has 4 heterocycles. The molecule has 0 aliphatic carbocycles. The lowest BCUT2D eigenvalue weighted by atomic mass is 9.94. The van der Waals surface area contributed by atoms with Crippen molar-refractivity contribution in [1.82, 2.24) is 20.0 Å². The Labute approximate surface area is 167 Å². The first-order chi connectivity index (χ1) is 14.0. The molecular formula is C19H23N7O3. The smallest absolute Gasteiger partial charge is 0.267 e. The van der Waals surface area contributed by atoms with Gasteiger partial charge in [0.25, 0.3) is 5.91 Å². The minimum absolute atomic E-state index is 0.00973. The van der Waals surface area contributed by atoms with E-state index in [4.69, 9.17) is 16.3 Å². The van der Waals surface area contributed by atoms with E-state index in [0.717, 1.165) is 12.0 Å². The number of pyridine rings is 1. The summed E-state index contributed by atoms with van der Waals surface area (Å²) in [6.07, 6.45) is 5.09. The number of nitrogens with two attached hydrogens (primary N) is 2. The van der Waals surface area contributed by atoms with Gasteiger partial charge in [-0.1, -0.05) is 6.07 Å². The van der Waals surface area contributed by atoms with E-state index in [9.17, 15) is 9.59 Å². The van der Waals surface area contributed by atoms with Crippen molar-refractivity contribution in [2.75, 3.05) is 30.3 Å². The van der Waals surface area contributed by atoms with Gasteiger partial charge in [0.2, 0.25) is 5.91 Å². The second-order valence-electron chi connectivity index (χ2n) is 7.21. The van der Waals surface area contributed by atoms with Gasteiger partial charge in [-0.2, -0.15) is 0 Å². The van der Waals surface area contributed by atoms with Gasteiger partial charge in [0.05, 0.1) is 12.6 Å². The summed E-state index contributed by atoms with van der Waals surface area (Å²) in [5, 5.41) is 1.50. The zero-order valence-electron chi connectivity index (χ0n) is 15.9. The summed E-state index contributed by atoms with van der Waals surface area (Å²) in [7, 11) is 0. The van der Waals surface area contributed by atoms with Crippen LogP contribution in [0.1, 0.15) is 41.4 Å². The number of piperidine rings is 1. The minimum atomic E-state index is -0.590. The number of primary amides is 1. The molecular weight excluding hydrogens is 374 g/mol. The Bertz CT molecular complexity index is 897. The lowest BCUT2D eigenvalue weighted by Crippen LogP contribution is -2.42. The van der Waals surface area contributed by atoms with Crippen LogP contribution in [0.4, 0.5) is 11.6 Å². The Morgan fingerprint density at radius 3 is 2.59 bits per heavy atom. The fourth-order valence-corrected chi connectivity index (χ4v) is 3.79. The number of aromatic nitrogens is 3. The Hall–Kier alpha value is -3.27. The van der Waals surface area contributed by atoms with Gasteiger partial charge in [0.1, 0.15) is 23.7 Å². The zero-order valence-corrected chi connectivity index (χ0v) is 15.9. The summed E-state index contributed by atoms with van der Waals surface area (Å²) in [5.41, 5.74) is 12.0. The first-order valence-corrected chi connectivity index (χ1v) is 9.57. The van der Waals surface area contributed by atoms with E-state index in [1.807, 2.05) is 11.0 Å². The first kappa shape index (κ1) is 19.1. The number of amides is 2. The van der Waals surface area contributed by atoms with Crippen LogP contribution < -0.4 is 16.4 Å². The molecule has 2 aromatic rings. The van der Waals surface area contributed by atoms with Gasteiger partial charge in [-0.25, -0.2) is 20.0 Å². The van der Waals surface area contributed by atoms with Crippen LogP contribution in [0.2, 0.25) is 0 Å². The lowest BCUT2D eigenvalue weighted by Gasteiger charge is -2.34. The maximum Gasteiger partial charge on any atom is 0.267 e. The molecule has 2 saturated heterocycles. The number of hydrogen-bond acceptors (Lipinski definition) is 8. The van der Waals surface area contributed by atoms with Gasteiger partial charge in [0.15, 0.2) is 0 Å². The summed E-state index contributed by atoms with van der Waals surface area (Å²) in [6, 6.07) is 5.05. The fraction of sp³-hybridized carbons (Fsp3) is 0.421. The number of carbonyl (C=O) groups is 2. The highest BCUT2D eigenvalue weighted by atomic mass is 16.7. The summed E-state index contributed by atoms with van der Waals surface area (Å²) in [6.45, 7) is 1.79. The number of anilines is 2. The van der Waals surface area contributed by atoms with Crippen LogP contribution in [0.15, 0.2) is 30.7 Å². The van der Waals surface area contributed by atoms with E-state index in [0.29, 0.717) is 44.2 Å². The molecule has 0 spiro atoms. The second-order valence-corrected chi connectivity index (χ2v) is 7.21. The Morgan fingerprint density at radius 2 is 1.90 bits per heavy atom. The number of rotatable bonds is 4. The van der Waals surface area contributed by atoms with Crippen LogP contribution in [-0.4, -0.2) is 51.5 Å². The first-order valence-electron chi connectivity index (χ1n) is 9.57. The monoisotopic (exact) mass is 397 g/mol. The second kappa shape index (κ2) is 8.00. The number of hydrogen-bond donors (Lipinski definition) is 2. The molecule has 0 bridgehead atoms. The maximum absolute atomic E-state index is 13.1. The van der Waals surface area contributed by atoms with Crippen LogP contribution in [0, 0.1) is 5.92 Å². The Morgan fingerprint density at radius 1 is 1.10 bits per heavy atom. The van der Waals surface area contributed by atoms with Crippen LogP contribution in [0.5, 0.6) is 0 Å². The van der Waals surface area contributed by atoms with Crippen molar-refractivity contribution in [3.05, 3.63) is 42.0 Å². The summed E-state index contributed by atoms with van der Waals surface area (Å²) in [5.74, 6) is 0.355. The normalized spacial score (nSPS) is 20.1.